The molecule has 3 atom stereocenters. The molecule has 1 aliphatic heterocycles. The summed E-state index contributed by atoms with van der Waals surface area (Å²) in [6.07, 6.45) is 2.66. The van der Waals surface area contributed by atoms with Gasteiger partial charge >= 0.3 is 0 Å². The molecule has 0 aromatic rings. The molecule has 2 N–H and O–H groups in total. The van der Waals surface area contributed by atoms with E-state index in [1.54, 1.807) is 11.8 Å². The standard InChI is InChI=1S/C12H22N2O3S/c1-9-8-18(16,17)7-6-14(9)11(15)12(2)5-3-4-10(12)13/h9-10H,3-8,13H2,1-2H3. The zero-order valence-corrected chi connectivity index (χ0v) is 11.9. The van der Waals surface area contributed by atoms with Crippen LogP contribution in [0.25, 0.3) is 0 Å². The largest absolute Gasteiger partial charge is 0.337 e. The van der Waals surface area contributed by atoms with Crippen LogP contribution in [-0.4, -0.2) is 49.4 Å². The molecule has 0 spiro atoms. The Labute approximate surface area is 109 Å². The van der Waals surface area contributed by atoms with Gasteiger partial charge in [-0.3, -0.25) is 4.79 Å². The lowest BCUT2D eigenvalue weighted by Crippen LogP contribution is -2.56. The highest BCUT2D eigenvalue weighted by atomic mass is 32.2. The fraction of sp³-hybridized carbons (Fsp3) is 0.917. The lowest BCUT2D eigenvalue weighted by molar-refractivity contribution is -0.143. The molecule has 1 saturated heterocycles. The minimum Gasteiger partial charge on any atom is -0.337 e. The van der Waals surface area contributed by atoms with Gasteiger partial charge in [-0.05, 0) is 26.7 Å². The third-order valence-corrected chi connectivity index (χ3v) is 6.24. The first kappa shape index (κ1) is 13.8. The number of carbonyl (C=O) groups excluding carboxylic acids is 1. The van der Waals surface area contributed by atoms with E-state index in [1.807, 2.05) is 6.92 Å². The topological polar surface area (TPSA) is 80.5 Å². The van der Waals surface area contributed by atoms with Crippen molar-refractivity contribution in [1.29, 1.82) is 0 Å². The van der Waals surface area contributed by atoms with Gasteiger partial charge in [0.05, 0.1) is 16.9 Å². The van der Waals surface area contributed by atoms with Crippen molar-refractivity contribution in [3.63, 3.8) is 0 Å². The van der Waals surface area contributed by atoms with Crippen LogP contribution in [0, 0.1) is 5.41 Å². The molecule has 104 valence electrons. The summed E-state index contributed by atoms with van der Waals surface area (Å²) in [5.74, 6) is 0.188. The third kappa shape index (κ3) is 2.28. The average molecular weight is 274 g/mol. The maximum atomic E-state index is 12.6. The van der Waals surface area contributed by atoms with Gasteiger partial charge in [0.1, 0.15) is 0 Å². The molecule has 0 aromatic carbocycles. The van der Waals surface area contributed by atoms with E-state index in [0.29, 0.717) is 6.54 Å². The van der Waals surface area contributed by atoms with Crippen molar-refractivity contribution in [2.75, 3.05) is 18.1 Å². The summed E-state index contributed by atoms with van der Waals surface area (Å²) < 4.78 is 23.1. The molecule has 1 heterocycles. The van der Waals surface area contributed by atoms with E-state index >= 15 is 0 Å². The molecule has 2 rings (SSSR count). The minimum atomic E-state index is -2.98. The van der Waals surface area contributed by atoms with Gasteiger partial charge in [-0.25, -0.2) is 8.42 Å². The van der Waals surface area contributed by atoms with Crippen LogP contribution in [0.1, 0.15) is 33.1 Å². The summed E-state index contributed by atoms with van der Waals surface area (Å²) in [4.78, 5) is 14.3. The second kappa shape index (κ2) is 4.49. The maximum absolute atomic E-state index is 12.6. The number of carbonyl (C=O) groups is 1. The van der Waals surface area contributed by atoms with E-state index in [-0.39, 0.29) is 29.5 Å². The molecular weight excluding hydrogens is 252 g/mol. The Hall–Kier alpha value is -0.620. The van der Waals surface area contributed by atoms with Crippen molar-refractivity contribution >= 4 is 15.7 Å². The number of nitrogens with zero attached hydrogens (tertiary/aromatic N) is 1. The SMILES string of the molecule is CC1CS(=O)(=O)CCN1C(=O)C1(C)CCCC1N. The van der Waals surface area contributed by atoms with Crippen LogP contribution in [0.2, 0.25) is 0 Å². The smallest absolute Gasteiger partial charge is 0.230 e. The van der Waals surface area contributed by atoms with Crippen molar-refractivity contribution in [2.24, 2.45) is 11.1 Å². The highest BCUT2D eigenvalue weighted by Gasteiger charge is 2.47. The molecule has 18 heavy (non-hydrogen) atoms. The molecule has 2 fully saturated rings. The number of hydrogen-bond donors (Lipinski definition) is 1. The van der Waals surface area contributed by atoms with Crippen LogP contribution in [0.5, 0.6) is 0 Å². The molecule has 1 amide bonds. The van der Waals surface area contributed by atoms with Crippen molar-refractivity contribution in [3.05, 3.63) is 0 Å². The zero-order valence-electron chi connectivity index (χ0n) is 11.1. The van der Waals surface area contributed by atoms with Gasteiger partial charge in [0.2, 0.25) is 5.91 Å². The van der Waals surface area contributed by atoms with Gasteiger partial charge in [-0.15, -0.1) is 0 Å². The van der Waals surface area contributed by atoms with E-state index in [0.717, 1.165) is 19.3 Å². The minimum absolute atomic E-state index is 0.0369. The van der Waals surface area contributed by atoms with E-state index in [4.69, 9.17) is 5.73 Å². The second-order valence-corrected chi connectivity index (χ2v) is 8.11. The normalized spacial score (nSPS) is 39.8. The highest BCUT2D eigenvalue weighted by molar-refractivity contribution is 7.91. The van der Waals surface area contributed by atoms with Crippen LogP contribution < -0.4 is 5.73 Å². The van der Waals surface area contributed by atoms with Crippen LogP contribution in [0.15, 0.2) is 0 Å². The highest BCUT2D eigenvalue weighted by Crippen LogP contribution is 2.39. The molecule has 0 radical (unpaired) electrons. The first-order valence-electron chi connectivity index (χ1n) is 6.53. The van der Waals surface area contributed by atoms with Gasteiger partial charge in [-0.2, -0.15) is 0 Å². The van der Waals surface area contributed by atoms with Crippen molar-refractivity contribution in [2.45, 2.75) is 45.2 Å². The Morgan fingerprint density at radius 1 is 1.44 bits per heavy atom. The van der Waals surface area contributed by atoms with Gasteiger partial charge in [0, 0.05) is 18.6 Å². The number of nitrogens with two attached hydrogens (primary N) is 1. The molecule has 2 aliphatic rings. The summed E-state index contributed by atoms with van der Waals surface area (Å²) in [5, 5.41) is 0. The zero-order chi connectivity index (χ0) is 13.6. The van der Waals surface area contributed by atoms with Crippen molar-refractivity contribution in [3.8, 4) is 0 Å². The van der Waals surface area contributed by atoms with E-state index < -0.39 is 15.3 Å². The lowest BCUT2D eigenvalue weighted by Gasteiger charge is -2.40. The third-order valence-electron chi connectivity index (χ3n) is 4.45. The summed E-state index contributed by atoms with van der Waals surface area (Å²) in [5.41, 5.74) is 5.55. The first-order valence-corrected chi connectivity index (χ1v) is 8.35. The Balaban J connectivity index is 2.15. The molecule has 1 aliphatic carbocycles. The predicted octanol–water partition coefficient (Wildman–Crippen LogP) is 0.149. The number of amides is 1. The number of hydrogen-bond acceptors (Lipinski definition) is 4. The van der Waals surface area contributed by atoms with Crippen LogP contribution in [-0.2, 0) is 14.6 Å². The maximum Gasteiger partial charge on any atom is 0.230 e. The van der Waals surface area contributed by atoms with Crippen molar-refractivity contribution < 1.29 is 13.2 Å². The summed E-state index contributed by atoms with van der Waals surface area (Å²) >= 11 is 0. The fourth-order valence-corrected chi connectivity index (χ4v) is 4.64. The quantitative estimate of drug-likeness (QED) is 0.738. The van der Waals surface area contributed by atoms with Gasteiger partial charge in [-0.1, -0.05) is 6.42 Å². The Bertz CT molecular complexity index is 448. The summed E-state index contributed by atoms with van der Waals surface area (Å²) in [6, 6.07) is -0.336. The fourth-order valence-electron chi connectivity index (χ4n) is 3.09. The first-order chi connectivity index (χ1) is 8.26. The number of sulfone groups is 1. The van der Waals surface area contributed by atoms with Crippen LogP contribution in [0.3, 0.4) is 0 Å². The van der Waals surface area contributed by atoms with Crippen LogP contribution >= 0.6 is 0 Å². The summed E-state index contributed by atoms with van der Waals surface area (Å²) in [6.45, 7) is 4.03. The van der Waals surface area contributed by atoms with Crippen molar-refractivity contribution in [1.82, 2.24) is 4.90 Å². The predicted molar refractivity (Wildman–Crippen MR) is 69.8 cm³/mol. The monoisotopic (exact) mass is 274 g/mol. The second-order valence-electron chi connectivity index (χ2n) is 5.88. The molecular formula is C12H22N2O3S. The molecule has 1 saturated carbocycles. The number of rotatable bonds is 1. The lowest BCUT2D eigenvalue weighted by atomic mass is 9.83. The Morgan fingerprint density at radius 2 is 2.11 bits per heavy atom. The summed E-state index contributed by atoms with van der Waals surface area (Å²) in [7, 11) is -2.98. The molecule has 0 aromatic heterocycles. The molecule has 3 unspecified atom stereocenters. The molecule has 5 nitrogen and oxygen atoms in total. The van der Waals surface area contributed by atoms with Gasteiger partial charge < -0.3 is 10.6 Å². The van der Waals surface area contributed by atoms with Crippen LogP contribution in [0.4, 0.5) is 0 Å². The Morgan fingerprint density at radius 3 is 2.61 bits per heavy atom. The van der Waals surface area contributed by atoms with E-state index in [9.17, 15) is 13.2 Å². The van der Waals surface area contributed by atoms with Gasteiger partial charge in [0.15, 0.2) is 9.84 Å². The van der Waals surface area contributed by atoms with Gasteiger partial charge in [0.25, 0.3) is 0 Å². The van der Waals surface area contributed by atoms with E-state index in [2.05, 4.69) is 0 Å². The van der Waals surface area contributed by atoms with E-state index in [1.165, 1.54) is 0 Å². The average Bonchev–Trinajstić information content (AvgIpc) is 2.58. The Kier molecular flexibility index (Phi) is 3.44. The molecule has 0 bridgehead atoms. The molecule has 6 heteroatoms.